The van der Waals surface area contributed by atoms with Gasteiger partial charge in [0.05, 0.1) is 6.42 Å². The van der Waals surface area contributed by atoms with E-state index < -0.39 is 5.60 Å². The molecule has 1 N–H and O–H groups in total. The molecular weight excluding hydrogens is 416 g/mol. The van der Waals surface area contributed by atoms with Crippen molar-refractivity contribution in [2.45, 2.75) is 58.3 Å². The molecule has 0 bridgehead atoms. The maximum Gasteiger partial charge on any atom is 0.410 e. The van der Waals surface area contributed by atoms with E-state index in [9.17, 15) is 9.59 Å². The molecule has 0 aromatic heterocycles. The highest BCUT2D eigenvalue weighted by molar-refractivity contribution is 5.80. The molecule has 1 saturated heterocycles. The fourth-order valence-corrected chi connectivity index (χ4v) is 3.78. The Kier molecular flexibility index (Phi) is 8.15. The van der Waals surface area contributed by atoms with Crippen molar-refractivity contribution in [1.82, 2.24) is 10.2 Å². The smallest absolute Gasteiger partial charge is 0.410 e. The lowest BCUT2D eigenvalue weighted by Gasteiger charge is -2.34. The Hall–Kier alpha value is -3.28. The van der Waals surface area contributed by atoms with Crippen LogP contribution in [-0.4, -0.2) is 41.6 Å². The van der Waals surface area contributed by atoms with Gasteiger partial charge in [-0.15, -0.1) is 0 Å². The van der Waals surface area contributed by atoms with Gasteiger partial charge in [-0.3, -0.25) is 4.79 Å². The highest BCUT2D eigenvalue weighted by Crippen LogP contribution is 2.23. The first-order valence-electron chi connectivity index (χ1n) is 11.4. The van der Waals surface area contributed by atoms with Gasteiger partial charge in [0.2, 0.25) is 5.91 Å². The van der Waals surface area contributed by atoms with E-state index in [1.807, 2.05) is 69.3 Å². The number of carbonyl (C=O) groups excluding carboxylic acids is 2. The topological polar surface area (TPSA) is 67.9 Å². The van der Waals surface area contributed by atoms with E-state index in [1.54, 1.807) is 11.0 Å². The van der Waals surface area contributed by atoms with Crippen molar-refractivity contribution in [1.29, 1.82) is 0 Å². The first-order valence-corrected chi connectivity index (χ1v) is 11.4. The Balaban J connectivity index is 1.61. The van der Waals surface area contributed by atoms with E-state index >= 15 is 0 Å². The molecule has 33 heavy (non-hydrogen) atoms. The van der Waals surface area contributed by atoms with Crippen LogP contribution in [-0.2, 0) is 22.6 Å². The zero-order chi connectivity index (χ0) is 23.8. The summed E-state index contributed by atoms with van der Waals surface area (Å²) >= 11 is 0. The maximum absolute atomic E-state index is 12.9. The second kappa shape index (κ2) is 11.0. The fraction of sp³-hybridized carbons (Fsp3) is 0.407. The van der Waals surface area contributed by atoms with Gasteiger partial charge in [-0.25, -0.2) is 4.79 Å². The monoisotopic (exact) mass is 450 g/mol. The van der Waals surface area contributed by atoms with Crippen LogP contribution in [0.25, 0.3) is 6.08 Å². The van der Waals surface area contributed by atoms with Crippen molar-refractivity contribution in [2.75, 3.05) is 13.1 Å². The molecule has 3 rings (SSSR count). The average Bonchev–Trinajstić information content (AvgIpc) is 2.78. The average molecular weight is 451 g/mol. The summed E-state index contributed by atoms with van der Waals surface area (Å²) < 4.78 is 11.5. The zero-order valence-electron chi connectivity index (χ0n) is 19.8. The number of likely N-dealkylation sites (tertiary alicyclic amines) is 1. The Morgan fingerprint density at radius 2 is 1.94 bits per heavy atom. The van der Waals surface area contributed by atoms with Crippen LogP contribution in [0.5, 0.6) is 5.75 Å². The summed E-state index contributed by atoms with van der Waals surface area (Å²) in [5.74, 6) is 0.579. The van der Waals surface area contributed by atoms with Gasteiger partial charge in [0.25, 0.3) is 0 Å². The van der Waals surface area contributed by atoms with E-state index in [0.717, 1.165) is 29.5 Å². The van der Waals surface area contributed by atoms with Gasteiger partial charge < -0.3 is 19.7 Å². The molecule has 1 aliphatic rings. The van der Waals surface area contributed by atoms with Crippen LogP contribution in [0.1, 0.15) is 50.3 Å². The summed E-state index contributed by atoms with van der Waals surface area (Å²) in [5.41, 5.74) is 2.25. The van der Waals surface area contributed by atoms with Gasteiger partial charge in [-0.2, -0.15) is 0 Å². The van der Waals surface area contributed by atoms with Crippen LogP contribution in [0, 0.1) is 0 Å². The van der Waals surface area contributed by atoms with Gasteiger partial charge in [0, 0.05) is 24.7 Å². The summed E-state index contributed by atoms with van der Waals surface area (Å²) in [4.78, 5) is 27.0. The molecule has 6 heteroatoms. The number of hydrogen-bond acceptors (Lipinski definition) is 4. The number of rotatable bonds is 7. The van der Waals surface area contributed by atoms with Gasteiger partial charge in [-0.05, 0) is 56.9 Å². The first kappa shape index (κ1) is 24.4. The lowest BCUT2D eigenvalue weighted by atomic mass is 10.0. The Labute approximate surface area is 196 Å². The van der Waals surface area contributed by atoms with E-state index in [2.05, 4.69) is 11.9 Å². The van der Waals surface area contributed by atoms with Crippen LogP contribution in [0.15, 0.2) is 55.1 Å². The molecule has 0 spiro atoms. The van der Waals surface area contributed by atoms with E-state index in [-0.39, 0.29) is 24.5 Å². The summed E-state index contributed by atoms with van der Waals surface area (Å²) in [5, 5.41) is 3.08. The maximum atomic E-state index is 12.9. The van der Waals surface area contributed by atoms with Gasteiger partial charge in [0.1, 0.15) is 18.0 Å². The number of benzene rings is 2. The molecule has 1 fully saturated rings. The van der Waals surface area contributed by atoms with E-state index in [0.29, 0.717) is 25.4 Å². The largest absolute Gasteiger partial charge is 0.489 e. The van der Waals surface area contributed by atoms with Crippen molar-refractivity contribution in [3.63, 3.8) is 0 Å². The second-order valence-corrected chi connectivity index (χ2v) is 9.36. The quantitative estimate of drug-likeness (QED) is 0.647. The first-order chi connectivity index (χ1) is 15.7. The minimum absolute atomic E-state index is 0.100. The molecule has 176 valence electrons. The molecule has 1 unspecified atom stereocenters. The van der Waals surface area contributed by atoms with E-state index in [1.165, 1.54) is 0 Å². The molecule has 2 aromatic rings. The molecule has 2 amide bonds. The molecular formula is C27H34N2O4. The Morgan fingerprint density at radius 3 is 2.64 bits per heavy atom. The summed E-state index contributed by atoms with van der Waals surface area (Å²) in [6.45, 7) is 10.9. The number of hydrogen-bond donors (Lipinski definition) is 1. The molecule has 1 atom stereocenters. The van der Waals surface area contributed by atoms with Crippen molar-refractivity contribution in [2.24, 2.45) is 0 Å². The van der Waals surface area contributed by atoms with Crippen LogP contribution < -0.4 is 10.1 Å². The Morgan fingerprint density at radius 1 is 1.18 bits per heavy atom. The summed E-state index contributed by atoms with van der Waals surface area (Å²) in [6.07, 6.45) is 3.25. The van der Waals surface area contributed by atoms with Crippen molar-refractivity contribution >= 4 is 18.1 Å². The minimum atomic E-state index is -0.542. The van der Waals surface area contributed by atoms with Gasteiger partial charge in [-0.1, -0.05) is 49.1 Å². The highest BCUT2D eigenvalue weighted by Gasteiger charge is 2.28. The standard InChI is InChI=1S/C27H34N2O4/c1-5-20-13-14-24(32-19-21-10-7-6-8-11-21)22(16-20)17-25(30)28-23-12-9-15-29(18-23)26(31)33-27(2,3)4/h5-8,10-11,13-14,16,23H,1,9,12,15,17-19H2,2-4H3,(H,28,30). The van der Waals surface area contributed by atoms with Crippen LogP contribution in [0.2, 0.25) is 0 Å². The van der Waals surface area contributed by atoms with Crippen LogP contribution in [0.4, 0.5) is 4.79 Å². The molecule has 6 nitrogen and oxygen atoms in total. The zero-order valence-corrected chi connectivity index (χ0v) is 19.8. The second-order valence-electron chi connectivity index (χ2n) is 9.36. The summed E-state index contributed by atoms with van der Waals surface area (Å²) in [6, 6.07) is 15.6. The molecule has 0 radical (unpaired) electrons. The molecule has 0 saturated carbocycles. The van der Waals surface area contributed by atoms with Crippen molar-refractivity contribution < 1.29 is 19.1 Å². The van der Waals surface area contributed by atoms with Crippen LogP contribution in [0.3, 0.4) is 0 Å². The van der Waals surface area contributed by atoms with Gasteiger partial charge in [0.15, 0.2) is 0 Å². The summed E-state index contributed by atoms with van der Waals surface area (Å²) in [7, 11) is 0. The number of nitrogens with zero attached hydrogens (tertiary/aromatic N) is 1. The molecule has 2 aromatic carbocycles. The SMILES string of the molecule is C=Cc1ccc(OCc2ccccc2)c(CC(=O)NC2CCCN(C(=O)OC(C)(C)C)C2)c1. The number of amides is 2. The highest BCUT2D eigenvalue weighted by atomic mass is 16.6. The number of ether oxygens (including phenoxy) is 2. The van der Waals surface area contributed by atoms with E-state index in [4.69, 9.17) is 9.47 Å². The third-order valence-corrected chi connectivity index (χ3v) is 5.35. The predicted molar refractivity (Wildman–Crippen MR) is 130 cm³/mol. The molecule has 1 aliphatic heterocycles. The Bertz CT molecular complexity index is 966. The minimum Gasteiger partial charge on any atom is -0.489 e. The number of piperidine rings is 1. The fourth-order valence-electron chi connectivity index (χ4n) is 3.78. The lowest BCUT2D eigenvalue weighted by Crippen LogP contribution is -2.51. The molecule has 0 aliphatic carbocycles. The lowest BCUT2D eigenvalue weighted by molar-refractivity contribution is -0.121. The third kappa shape index (κ3) is 7.67. The molecule has 1 heterocycles. The predicted octanol–water partition coefficient (Wildman–Crippen LogP) is 4.97. The van der Waals surface area contributed by atoms with Crippen LogP contribution >= 0.6 is 0 Å². The van der Waals surface area contributed by atoms with Gasteiger partial charge >= 0.3 is 6.09 Å². The normalized spacial score (nSPS) is 16.1. The van der Waals surface area contributed by atoms with Crippen molar-refractivity contribution in [3.05, 3.63) is 71.8 Å². The number of carbonyl (C=O) groups is 2. The third-order valence-electron chi connectivity index (χ3n) is 5.35. The number of nitrogens with one attached hydrogen (secondary N) is 1. The van der Waals surface area contributed by atoms with Crippen molar-refractivity contribution in [3.8, 4) is 5.75 Å².